The monoisotopic (exact) mass is 798 g/mol. The van der Waals surface area contributed by atoms with E-state index in [1.54, 1.807) is 30.8 Å². The Labute approximate surface area is 338 Å². The largest absolute Gasteiger partial charge is 0.469 e. The fourth-order valence-corrected chi connectivity index (χ4v) is 8.37. The van der Waals surface area contributed by atoms with Gasteiger partial charge in [-0.15, -0.1) is 10.2 Å². The fraction of sp³-hybridized carbons (Fsp3) is 0.357. The number of piperidine rings is 1. The Morgan fingerprint density at radius 2 is 1.69 bits per heavy atom. The molecule has 2 N–H and O–H groups in total. The van der Waals surface area contributed by atoms with E-state index in [-0.39, 0.29) is 41.7 Å². The first kappa shape index (κ1) is 37.7. The van der Waals surface area contributed by atoms with Crippen LogP contribution in [0.25, 0.3) is 16.8 Å². The third kappa shape index (κ3) is 7.28. The number of amides is 6. The standard InChI is InChI=1S/C42H42N10O7/c53-35-15-13-33(40(56)46-35)52-41(57)30-5-1-6-32(37(30)42(52)58)50-23-27(24-50)39(55)43-16-2-7-36(54)49-19-17-48(18-20-49)28-10-8-26(9-11-28)31-22-44-34(51-25-45-47-38(31)51)14-12-29-4-3-21-59-29/h1,3-6,8-11,21-22,25,27,33H,2,7,12-20,23-24H2,(H,43,55)(H,46,53,56). The van der Waals surface area contributed by atoms with Crippen molar-refractivity contribution in [2.45, 2.75) is 44.6 Å². The molecule has 3 aromatic heterocycles. The molecule has 5 aromatic rings. The number of aromatic nitrogens is 4. The van der Waals surface area contributed by atoms with Crippen molar-refractivity contribution in [2.24, 2.45) is 5.92 Å². The van der Waals surface area contributed by atoms with Crippen LogP contribution >= 0.6 is 0 Å². The first-order valence-corrected chi connectivity index (χ1v) is 19.9. The number of piperazine rings is 1. The molecule has 0 saturated carbocycles. The van der Waals surface area contributed by atoms with E-state index in [1.165, 1.54) is 0 Å². The summed E-state index contributed by atoms with van der Waals surface area (Å²) in [7, 11) is 0. The fourth-order valence-electron chi connectivity index (χ4n) is 8.37. The van der Waals surface area contributed by atoms with E-state index in [0.717, 1.165) is 45.4 Å². The molecule has 17 nitrogen and oxygen atoms in total. The van der Waals surface area contributed by atoms with Crippen LogP contribution in [0.4, 0.5) is 11.4 Å². The quantitative estimate of drug-likeness (QED) is 0.138. The summed E-state index contributed by atoms with van der Waals surface area (Å²) in [5.74, 6) is -0.861. The van der Waals surface area contributed by atoms with Crippen molar-refractivity contribution in [1.82, 2.24) is 40.0 Å². The van der Waals surface area contributed by atoms with Crippen LogP contribution < -0.4 is 20.4 Å². The van der Waals surface area contributed by atoms with E-state index in [0.29, 0.717) is 70.8 Å². The highest BCUT2D eigenvalue weighted by atomic mass is 16.3. The number of nitrogens with one attached hydrogen (secondary N) is 2. The number of rotatable bonds is 12. The lowest BCUT2D eigenvalue weighted by molar-refractivity contribution is -0.136. The highest BCUT2D eigenvalue weighted by molar-refractivity contribution is 6.25. The number of benzene rings is 2. The van der Waals surface area contributed by atoms with Crippen LogP contribution in [0.5, 0.6) is 0 Å². The second-order valence-electron chi connectivity index (χ2n) is 15.3. The average molecular weight is 799 g/mol. The van der Waals surface area contributed by atoms with Crippen LogP contribution in [0.3, 0.4) is 0 Å². The molecular weight excluding hydrogens is 757 g/mol. The summed E-state index contributed by atoms with van der Waals surface area (Å²) in [4.78, 5) is 88.5. The van der Waals surface area contributed by atoms with E-state index in [2.05, 4.69) is 50.0 Å². The summed E-state index contributed by atoms with van der Waals surface area (Å²) in [5.41, 5.74) is 4.65. The molecule has 7 heterocycles. The molecule has 0 radical (unpaired) electrons. The zero-order valence-electron chi connectivity index (χ0n) is 32.2. The summed E-state index contributed by atoms with van der Waals surface area (Å²) < 4.78 is 7.39. The summed E-state index contributed by atoms with van der Waals surface area (Å²) in [5, 5.41) is 13.7. The number of imide groups is 2. The molecule has 1 atom stereocenters. The maximum atomic E-state index is 13.5. The lowest BCUT2D eigenvalue weighted by atomic mass is 9.95. The second kappa shape index (κ2) is 15.8. The number of carbonyl (C=O) groups excluding carboxylic acids is 6. The first-order chi connectivity index (χ1) is 28.7. The maximum absolute atomic E-state index is 13.5. The van der Waals surface area contributed by atoms with Gasteiger partial charge < -0.3 is 24.4 Å². The summed E-state index contributed by atoms with van der Waals surface area (Å²) in [6.07, 6.45) is 7.60. The van der Waals surface area contributed by atoms with Crippen molar-refractivity contribution in [2.75, 3.05) is 55.6 Å². The second-order valence-corrected chi connectivity index (χ2v) is 15.3. The third-order valence-corrected chi connectivity index (χ3v) is 11.7. The van der Waals surface area contributed by atoms with Gasteiger partial charge in [-0.2, -0.15) is 0 Å². The smallest absolute Gasteiger partial charge is 0.264 e. The van der Waals surface area contributed by atoms with Gasteiger partial charge in [0, 0.05) is 88.9 Å². The zero-order chi connectivity index (χ0) is 40.6. The lowest BCUT2D eigenvalue weighted by Crippen LogP contribution is -2.55. The molecule has 4 aliphatic heterocycles. The first-order valence-electron chi connectivity index (χ1n) is 19.9. The Morgan fingerprint density at radius 1 is 0.881 bits per heavy atom. The molecule has 17 heteroatoms. The molecule has 2 aromatic carbocycles. The Morgan fingerprint density at radius 3 is 2.46 bits per heavy atom. The highest BCUT2D eigenvalue weighted by Gasteiger charge is 2.47. The number of anilines is 2. The molecule has 0 bridgehead atoms. The molecule has 1 unspecified atom stereocenters. The molecule has 9 rings (SSSR count). The van der Waals surface area contributed by atoms with Crippen molar-refractivity contribution in [3.63, 3.8) is 0 Å². The van der Waals surface area contributed by atoms with Crippen molar-refractivity contribution >= 4 is 52.5 Å². The summed E-state index contributed by atoms with van der Waals surface area (Å²) in [6.45, 7) is 3.72. The number of hydrogen-bond acceptors (Lipinski definition) is 12. The van der Waals surface area contributed by atoms with Crippen molar-refractivity contribution in [3.05, 3.63) is 96.1 Å². The predicted molar refractivity (Wildman–Crippen MR) is 212 cm³/mol. The average Bonchev–Trinajstić information content (AvgIpc) is 4.00. The van der Waals surface area contributed by atoms with Crippen molar-refractivity contribution < 1.29 is 33.2 Å². The highest BCUT2D eigenvalue weighted by Crippen LogP contribution is 2.37. The van der Waals surface area contributed by atoms with Crippen molar-refractivity contribution in [1.29, 1.82) is 0 Å². The van der Waals surface area contributed by atoms with Crippen LogP contribution in [-0.2, 0) is 32.0 Å². The van der Waals surface area contributed by atoms with Gasteiger partial charge in [0.1, 0.15) is 24.0 Å². The van der Waals surface area contributed by atoms with Crippen LogP contribution in [0, 0.1) is 5.92 Å². The maximum Gasteiger partial charge on any atom is 0.264 e. The molecular formula is C42H42N10O7. The minimum absolute atomic E-state index is 0.0433. The number of hydrogen-bond donors (Lipinski definition) is 2. The van der Waals surface area contributed by atoms with Crippen LogP contribution in [0.1, 0.15) is 58.0 Å². The van der Waals surface area contributed by atoms with Gasteiger partial charge in [0.2, 0.25) is 23.6 Å². The molecule has 0 spiro atoms. The van der Waals surface area contributed by atoms with Crippen LogP contribution in [0.2, 0.25) is 0 Å². The van der Waals surface area contributed by atoms with Crippen LogP contribution in [0.15, 0.2) is 77.8 Å². The van der Waals surface area contributed by atoms with E-state index < -0.39 is 29.7 Å². The van der Waals surface area contributed by atoms with Gasteiger partial charge >= 0.3 is 0 Å². The number of fused-ring (bicyclic) bond motifs is 2. The summed E-state index contributed by atoms with van der Waals surface area (Å²) in [6, 6.07) is 16.0. The molecule has 3 fully saturated rings. The number of furan rings is 1. The molecule has 302 valence electrons. The molecule has 0 aliphatic carbocycles. The third-order valence-electron chi connectivity index (χ3n) is 11.7. The Hall–Kier alpha value is -6.91. The SMILES string of the molecule is O=C1CCC(N2C(=O)c3cccc(N4CC(C(=O)NCCCC(=O)N5CCN(c6ccc(-c7cnc(CCc8ccco8)n8cnnc78)cc6)CC5)C4)c3C2=O)C(=O)N1. The predicted octanol–water partition coefficient (Wildman–Crippen LogP) is 2.25. The zero-order valence-corrected chi connectivity index (χ0v) is 32.2. The topological polar surface area (TPSA) is 196 Å². The minimum atomic E-state index is -1.05. The number of aryl methyl sites for hydroxylation is 2. The van der Waals surface area contributed by atoms with Crippen LogP contribution in [-0.4, -0.2) is 117 Å². The van der Waals surface area contributed by atoms with E-state index in [4.69, 9.17) is 9.40 Å². The summed E-state index contributed by atoms with van der Waals surface area (Å²) >= 11 is 0. The van der Waals surface area contributed by atoms with E-state index in [1.807, 2.05) is 32.5 Å². The van der Waals surface area contributed by atoms with Gasteiger partial charge in [-0.1, -0.05) is 18.2 Å². The van der Waals surface area contributed by atoms with Gasteiger partial charge in [-0.05, 0) is 54.8 Å². The number of nitrogens with zero attached hydrogens (tertiary/aromatic N) is 8. The molecule has 3 saturated heterocycles. The Kier molecular flexibility index (Phi) is 10.1. The normalized spacial score (nSPS) is 18.3. The Bertz CT molecular complexity index is 2450. The minimum Gasteiger partial charge on any atom is -0.469 e. The van der Waals surface area contributed by atoms with Gasteiger partial charge in [0.15, 0.2) is 5.65 Å². The van der Waals surface area contributed by atoms with Crippen molar-refractivity contribution in [3.8, 4) is 11.1 Å². The molecule has 6 amide bonds. The van der Waals surface area contributed by atoms with Gasteiger partial charge in [-0.3, -0.25) is 43.4 Å². The molecule has 4 aliphatic rings. The van der Waals surface area contributed by atoms with E-state index >= 15 is 0 Å². The van der Waals surface area contributed by atoms with Gasteiger partial charge in [-0.25, -0.2) is 4.98 Å². The van der Waals surface area contributed by atoms with Gasteiger partial charge in [0.25, 0.3) is 11.8 Å². The number of carbonyl (C=O) groups is 6. The lowest BCUT2D eigenvalue weighted by Gasteiger charge is -2.40. The molecule has 59 heavy (non-hydrogen) atoms. The van der Waals surface area contributed by atoms with E-state index in [9.17, 15) is 28.8 Å². The van der Waals surface area contributed by atoms with Gasteiger partial charge in [0.05, 0.1) is 29.0 Å². The Balaban J connectivity index is 0.708.